The summed E-state index contributed by atoms with van der Waals surface area (Å²) in [6.45, 7) is 10.1. The van der Waals surface area contributed by atoms with Crippen molar-refractivity contribution in [3.8, 4) is 22.6 Å². The van der Waals surface area contributed by atoms with Gasteiger partial charge in [-0.3, -0.25) is 4.98 Å². The van der Waals surface area contributed by atoms with Crippen LogP contribution in [0.3, 0.4) is 0 Å². The number of hydrogen-bond acceptors (Lipinski definition) is 6. The van der Waals surface area contributed by atoms with E-state index in [0.29, 0.717) is 13.2 Å². The maximum atomic E-state index is 9.70. The molecule has 0 spiro atoms. The molecule has 1 aliphatic rings. The number of pyridine rings is 1. The lowest BCUT2D eigenvalue weighted by Crippen LogP contribution is -2.24. The lowest BCUT2D eigenvalue weighted by atomic mass is 9.95. The maximum Gasteiger partial charge on any atom is 0.122 e. The van der Waals surface area contributed by atoms with Crippen molar-refractivity contribution < 1.29 is 14.6 Å². The molecule has 3 aromatic rings. The molecule has 2 heterocycles. The van der Waals surface area contributed by atoms with Gasteiger partial charge in [-0.1, -0.05) is 30.3 Å². The summed E-state index contributed by atoms with van der Waals surface area (Å²) in [7, 11) is 2.12. The highest BCUT2D eigenvalue weighted by molar-refractivity contribution is 5.74. The van der Waals surface area contributed by atoms with E-state index in [9.17, 15) is 5.11 Å². The minimum absolute atomic E-state index is 0.165. The van der Waals surface area contributed by atoms with Gasteiger partial charge in [-0.05, 0) is 86.7 Å². The molecule has 37 heavy (non-hydrogen) atoms. The second kappa shape index (κ2) is 13.6. The van der Waals surface area contributed by atoms with Crippen LogP contribution in [0.2, 0.25) is 0 Å². The third-order valence-electron chi connectivity index (χ3n) is 7.08. The average molecular weight is 504 g/mol. The van der Waals surface area contributed by atoms with Gasteiger partial charge in [0.15, 0.2) is 0 Å². The molecule has 0 saturated carbocycles. The SMILES string of the molecule is Cc1c(OCCCN(C)Cc2ccccn2)cccc1-c1cccc(OCCCN2CCC(O)C2)c1C. The summed E-state index contributed by atoms with van der Waals surface area (Å²) in [5.41, 5.74) is 5.74. The van der Waals surface area contributed by atoms with Gasteiger partial charge in [-0.25, -0.2) is 0 Å². The molecule has 4 rings (SSSR count). The highest BCUT2D eigenvalue weighted by Crippen LogP contribution is 2.35. The molecule has 1 aromatic heterocycles. The van der Waals surface area contributed by atoms with Crippen molar-refractivity contribution in [2.45, 2.75) is 45.8 Å². The zero-order valence-corrected chi connectivity index (χ0v) is 22.5. The van der Waals surface area contributed by atoms with E-state index >= 15 is 0 Å². The van der Waals surface area contributed by atoms with Crippen LogP contribution in [0.1, 0.15) is 36.1 Å². The molecule has 1 atom stereocenters. The smallest absolute Gasteiger partial charge is 0.122 e. The summed E-state index contributed by atoms with van der Waals surface area (Å²) >= 11 is 0. The zero-order valence-electron chi connectivity index (χ0n) is 22.5. The number of benzene rings is 2. The summed E-state index contributed by atoms with van der Waals surface area (Å²) in [6.07, 6.45) is 4.46. The number of rotatable bonds is 13. The molecule has 0 aliphatic carbocycles. The first-order valence-corrected chi connectivity index (χ1v) is 13.5. The van der Waals surface area contributed by atoms with Gasteiger partial charge in [0.2, 0.25) is 0 Å². The molecule has 1 saturated heterocycles. The van der Waals surface area contributed by atoms with Crippen molar-refractivity contribution >= 4 is 0 Å². The highest BCUT2D eigenvalue weighted by atomic mass is 16.5. The number of aliphatic hydroxyl groups excluding tert-OH is 1. The van der Waals surface area contributed by atoms with E-state index in [1.165, 1.54) is 11.1 Å². The first kappa shape index (κ1) is 27.1. The Bertz CT molecular complexity index is 1120. The van der Waals surface area contributed by atoms with Crippen molar-refractivity contribution in [2.24, 2.45) is 0 Å². The van der Waals surface area contributed by atoms with Gasteiger partial charge in [-0.2, -0.15) is 0 Å². The third kappa shape index (κ3) is 7.78. The Balaban J connectivity index is 1.29. The van der Waals surface area contributed by atoms with Gasteiger partial charge < -0.3 is 24.4 Å². The van der Waals surface area contributed by atoms with E-state index in [1.54, 1.807) is 0 Å². The molecule has 1 unspecified atom stereocenters. The predicted octanol–water partition coefficient (Wildman–Crippen LogP) is 5.10. The molecular weight excluding hydrogens is 462 g/mol. The summed E-state index contributed by atoms with van der Waals surface area (Å²) < 4.78 is 12.4. The fourth-order valence-corrected chi connectivity index (χ4v) is 4.97. The molecule has 2 aromatic carbocycles. The second-order valence-corrected chi connectivity index (χ2v) is 10.1. The second-order valence-electron chi connectivity index (χ2n) is 10.1. The molecule has 1 N–H and O–H groups in total. The Morgan fingerprint density at radius 1 is 0.919 bits per heavy atom. The maximum absolute atomic E-state index is 9.70. The highest BCUT2D eigenvalue weighted by Gasteiger charge is 2.19. The Morgan fingerprint density at radius 3 is 2.19 bits per heavy atom. The van der Waals surface area contributed by atoms with Crippen LogP contribution >= 0.6 is 0 Å². The number of hydrogen-bond donors (Lipinski definition) is 1. The topological polar surface area (TPSA) is 58.1 Å². The zero-order chi connectivity index (χ0) is 26.0. The number of likely N-dealkylation sites (tertiary alicyclic amines) is 1. The molecule has 0 bridgehead atoms. The Kier molecular flexibility index (Phi) is 9.94. The molecule has 6 nitrogen and oxygen atoms in total. The summed E-state index contributed by atoms with van der Waals surface area (Å²) in [5.74, 6) is 1.86. The normalized spacial score (nSPS) is 15.9. The lowest BCUT2D eigenvalue weighted by Gasteiger charge is -2.18. The molecule has 1 fully saturated rings. The van der Waals surface area contributed by atoms with Crippen LogP contribution in [-0.4, -0.2) is 72.4 Å². The summed E-state index contributed by atoms with van der Waals surface area (Å²) in [4.78, 5) is 8.99. The molecule has 198 valence electrons. The lowest BCUT2D eigenvalue weighted by molar-refractivity contribution is 0.173. The first-order valence-electron chi connectivity index (χ1n) is 13.5. The van der Waals surface area contributed by atoms with E-state index < -0.39 is 0 Å². The Morgan fingerprint density at radius 2 is 1.59 bits per heavy atom. The average Bonchev–Trinajstić information content (AvgIpc) is 3.32. The van der Waals surface area contributed by atoms with Crippen LogP contribution < -0.4 is 9.47 Å². The fourth-order valence-electron chi connectivity index (χ4n) is 4.97. The molecule has 0 radical (unpaired) electrons. The number of aliphatic hydroxyl groups is 1. The van der Waals surface area contributed by atoms with Crippen molar-refractivity contribution in [2.75, 3.05) is 46.4 Å². The van der Waals surface area contributed by atoms with E-state index in [-0.39, 0.29) is 6.10 Å². The van der Waals surface area contributed by atoms with E-state index in [1.807, 2.05) is 18.3 Å². The van der Waals surface area contributed by atoms with Crippen LogP contribution in [0, 0.1) is 13.8 Å². The largest absolute Gasteiger partial charge is 0.493 e. The van der Waals surface area contributed by atoms with Crippen molar-refractivity contribution in [1.82, 2.24) is 14.8 Å². The molecular formula is C31H41N3O3. The van der Waals surface area contributed by atoms with Crippen molar-refractivity contribution in [1.29, 1.82) is 0 Å². The van der Waals surface area contributed by atoms with Gasteiger partial charge in [-0.15, -0.1) is 0 Å². The van der Waals surface area contributed by atoms with Gasteiger partial charge in [0.25, 0.3) is 0 Å². The van der Waals surface area contributed by atoms with Gasteiger partial charge in [0.1, 0.15) is 11.5 Å². The first-order chi connectivity index (χ1) is 18.0. The van der Waals surface area contributed by atoms with Crippen LogP contribution in [-0.2, 0) is 6.54 Å². The van der Waals surface area contributed by atoms with Crippen LogP contribution in [0.4, 0.5) is 0 Å². The Labute approximate surface area is 221 Å². The number of ether oxygens (including phenoxy) is 2. The standard InChI is InChI=1S/C31H41N3O3/c1-24-28(11-6-13-30(24)36-20-8-17-33(3)22-26-10-4-5-16-32-26)29-12-7-14-31(25(29)2)37-21-9-18-34-19-15-27(35)23-34/h4-7,10-14,16,27,35H,8-9,15,17-23H2,1-3H3. The van der Waals surface area contributed by atoms with Crippen LogP contribution in [0.5, 0.6) is 11.5 Å². The minimum Gasteiger partial charge on any atom is -0.493 e. The van der Waals surface area contributed by atoms with E-state index in [4.69, 9.17) is 9.47 Å². The summed E-state index contributed by atoms with van der Waals surface area (Å²) in [6, 6.07) is 18.6. The van der Waals surface area contributed by atoms with Gasteiger partial charge >= 0.3 is 0 Å². The summed E-state index contributed by atoms with van der Waals surface area (Å²) in [5, 5.41) is 9.70. The molecule has 6 heteroatoms. The predicted molar refractivity (Wildman–Crippen MR) is 149 cm³/mol. The number of nitrogens with zero attached hydrogens (tertiary/aromatic N) is 3. The molecule has 0 amide bonds. The van der Waals surface area contributed by atoms with Crippen molar-refractivity contribution in [3.05, 3.63) is 77.6 Å². The quantitative estimate of drug-likeness (QED) is 0.328. The number of aromatic nitrogens is 1. The number of β-amino-alcohol motifs (C(OH)–C–C–N with tert-alkyl or cyclic N) is 1. The Hall–Kier alpha value is -2.93. The van der Waals surface area contributed by atoms with E-state index in [0.717, 1.165) is 80.3 Å². The fraction of sp³-hybridized carbons (Fsp3) is 0.452. The van der Waals surface area contributed by atoms with Gasteiger partial charge in [0.05, 0.1) is 25.0 Å². The van der Waals surface area contributed by atoms with Gasteiger partial charge in [0, 0.05) is 38.9 Å². The monoisotopic (exact) mass is 503 g/mol. The molecule has 1 aliphatic heterocycles. The van der Waals surface area contributed by atoms with E-state index in [2.05, 4.69) is 78.1 Å². The third-order valence-corrected chi connectivity index (χ3v) is 7.08. The van der Waals surface area contributed by atoms with Crippen molar-refractivity contribution in [3.63, 3.8) is 0 Å². The minimum atomic E-state index is -0.165. The van der Waals surface area contributed by atoms with Crippen LogP contribution in [0.25, 0.3) is 11.1 Å². The van der Waals surface area contributed by atoms with Crippen LogP contribution in [0.15, 0.2) is 60.8 Å².